The number of esters is 1. The molecular weight excluding hydrogens is 304 g/mol. The molecule has 0 spiro atoms. The normalized spacial score (nSPS) is 11.1. The summed E-state index contributed by atoms with van der Waals surface area (Å²) in [6, 6.07) is 0. The van der Waals surface area contributed by atoms with E-state index in [9.17, 15) is 4.79 Å². The molecule has 0 N–H and O–H groups in total. The first kappa shape index (κ1) is 18.7. The van der Waals surface area contributed by atoms with Gasteiger partial charge in [-0.3, -0.25) is 4.79 Å². The number of unbranched alkanes of at least 4 members (excludes halogenated alkanes) is 6. The van der Waals surface area contributed by atoms with Crippen molar-refractivity contribution >= 4 is 21.9 Å². The lowest BCUT2D eigenvalue weighted by Gasteiger charge is -2.03. The van der Waals surface area contributed by atoms with Gasteiger partial charge in [0, 0.05) is 11.8 Å². The van der Waals surface area contributed by atoms with Crippen LogP contribution >= 0.6 is 15.9 Å². The summed E-state index contributed by atoms with van der Waals surface area (Å²) < 4.78 is 5.18. The number of allylic oxidation sites excluding steroid dienone is 2. The molecule has 0 aromatic rings. The molecule has 0 rings (SSSR count). The molecule has 0 aromatic carbocycles. The number of ether oxygens (including phenoxy) is 1. The first-order valence-corrected chi connectivity index (χ1v) is 8.80. The van der Waals surface area contributed by atoms with Crippen LogP contribution in [0, 0.1) is 0 Å². The van der Waals surface area contributed by atoms with E-state index in [-0.39, 0.29) is 5.97 Å². The summed E-state index contributed by atoms with van der Waals surface area (Å²) in [5.41, 5.74) is 0. The van der Waals surface area contributed by atoms with Crippen LogP contribution in [0.2, 0.25) is 0 Å². The first-order valence-electron chi connectivity index (χ1n) is 7.67. The van der Waals surface area contributed by atoms with Crippen molar-refractivity contribution < 1.29 is 9.53 Å². The molecule has 112 valence electrons. The molecule has 0 fully saturated rings. The second-order valence-electron chi connectivity index (χ2n) is 4.83. The van der Waals surface area contributed by atoms with Crippen LogP contribution in [0.3, 0.4) is 0 Å². The maximum atomic E-state index is 11.4. The Kier molecular flexibility index (Phi) is 15.5. The molecule has 0 aliphatic rings. The molecule has 0 aliphatic heterocycles. The minimum absolute atomic E-state index is 0.0403. The van der Waals surface area contributed by atoms with Crippen molar-refractivity contribution in [2.45, 2.75) is 71.1 Å². The summed E-state index contributed by atoms with van der Waals surface area (Å²) in [7, 11) is 0. The summed E-state index contributed by atoms with van der Waals surface area (Å²) in [5, 5.41) is 1.02. The minimum atomic E-state index is -0.0403. The Morgan fingerprint density at radius 1 is 1.00 bits per heavy atom. The topological polar surface area (TPSA) is 26.3 Å². The molecule has 0 aromatic heterocycles. The molecule has 0 heterocycles. The molecule has 0 saturated heterocycles. The monoisotopic (exact) mass is 332 g/mol. The van der Waals surface area contributed by atoms with Crippen LogP contribution in [-0.2, 0) is 9.53 Å². The van der Waals surface area contributed by atoms with E-state index in [0.717, 1.165) is 37.4 Å². The van der Waals surface area contributed by atoms with Crippen LogP contribution in [0.5, 0.6) is 0 Å². The summed E-state index contributed by atoms with van der Waals surface area (Å²) in [6.07, 6.45) is 15.2. The lowest BCUT2D eigenvalue weighted by Crippen LogP contribution is -2.05. The summed E-state index contributed by atoms with van der Waals surface area (Å²) >= 11 is 3.38. The summed E-state index contributed by atoms with van der Waals surface area (Å²) in [5.74, 6) is -0.0403. The molecule has 0 saturated carbocycles. The second-order valence-corrected chi connectivity index (χ2v) is 5.62. The van der Waals surface area contributed by atoms with Crippen LogP contribution in [0.1, 0.15) is 71.1 Å². The number of carbonyl (C=O) groups is 1. The van der Waals surface area contributed by atoms with Gasteiger partial charge >= 0.3 is 5.97 Å². The van der Waals surface area contributed by atoms with E-state index in [1.165, 1.54) is 25.7 Å². The number of halogens is 1. The molecular formula is C16H29BrO2. The van der Waals surface area contributed by atoms with Crippen molar-refractivity contribution in [3.63, 3.8) is 0 Å². The van der Waals surface area contributed by atoms with Crippen molar-refractivity contribution in [3.05, 3.63) is 12.2 Å². The van der Waals surface area contributed by atoms with E-state index < -0.39 is 0 Å². The van der Waals surface area contributed by atoms with Crippen LogP contribution < -0.4 is 0 Å². The lowest BCUT2D eigenvalue weighted by molar-refractivity contribution is -0.143. The van der Waals surface area contributed by atoms with Crippen molar-refractivity contribution in [2.75, 3.05) is 11.9 Å². The van der Waals surface area contributed by atoms with E-state index in [2.05, 4.69) is 35.0 Å². The molecule has 2 nitrogen and oxygen atoms in total. The number of alkyl halides is 1. The fraction of sp³-hybridized carbons (Fsp3) is 0.812. The quantitative estimate of drug-likeness (QED) is 0.195. The minimum Gasteiger partial charge on any atom is -0.466 e. The third kappa shape index (κ3) is 15.6. The SMILES string of the molecule is CCCCC/C=C\CCCOC(=O)CCCCCBr. The Hall–Kier alpha value is -0.310. The molecule has 0 radical (unpaired) electrons. The van der Waals surface area contributed by atoms with Crippen molar-refractivity contribution in [3.8, 4) is 0 Å². The number of hydrogen-bond acceptors (Lipinski definition) is 2. The van der Waals surface area contributed by atoms with Gasteiger partial charge in [-0.25, -0.2) is 0 Å². The first-order chi connectivity index (χ1) is 9.31. The average molecular weight is 333 g/mol. The van der Waals surface area contributed by atoms with Gasteiger partial charge in [-0.15, -0.1) is 0 Å². The van der Waals surface area contributed by atoms with Gasteiger partial charge in [0.25, 0.3) is 0 Å². The highest BCUT2D eigenvalue weighted by molar-refractivity contribution is 9.09. The van der Waals surface area contributed by atoms with E-state index >= 15 is 0 Å². The molecule has 0 unspecified atom stereocenters. The maximum Gasteiger partial charge on any atom is 0.305 e. The van der Waals surface area contributed by atoms with Gasteiger partial charge in [0.05, 0.1) is 6.61 Å². The highest BCUT2D eigenvalue weighted by Gasteiger charge is 2.01. The third-order valence-corrected chi connectivity index (χ3v) is 3.49. The predicted octanol–water partition coefficient (Wildman–Crippen LogP) is 5.40. The zero-order valence-corrected chi connectivity index (χ0v) is 13.9. The zero-order valence-electron chi connectivity index (χ0n) is 12.3. The number of rotatable bonds is 13. The lowest BCUT2D eigenvalue weighted by atomic mass is 10.2. The standard InChI is InChI=1S/C16H29BrO2/c1-2-3-4-5-6-7-8-12-15-19-16(18)13-10-9-11-14-17/h6-7H,2-5,8-15H2,1H3/b7-6-. The Labute approximate surface area is 127 Å². The Morgan fingerprint density at radius 3 is 2.42 bits per heavy atom. The zero-order chi connectivity index (χ0) is 14.2. The summed E-state index contributed by atoms with van der Waals surface area (Å²) in [4.78, 5) is 11.4. The van der Waals surface area contributed by atoms with Crippen LogP contribution in [0.4, 0.5) is 0 Å². The van der Waals surface area contributed by atoms with Crippen molar-refractivity contribution in [1.29, 1.82) is 0 Å². The van der Waals surface area contributed by atoms with Crippen LogP contribution in [0.25, 0.3) is 0 Å². The predicted molar refractivity (Wildman–Crippen MR) is 85.7 cm³/mol. The van der Waals surface area contributed by atoms with E-state index in [0.29, 0.717) is 13.0 Å². The number of hydrogen-bond donors (Lipinski definition) is 0. The summed E-state index contributed by atoms with van der Waals surface area (Å²) in [6.45, 7) is 2.79. The van der Waals surface area contributed by atoms with Gasteiger partial charge in [-0.05, 0) is 38.5 Å². The molecule has 19 heavy (non-hydrogen) atoms. The van der Waals surface area contributed by atoms with Gasteiger partial charge in [-0.1, -0.05) is 54.3 Å². The molecule has 0 bridgehead atoms. The Morgan fingerprint density at radius 2 is 1.74 bits per heavy atom. The van der Waals surface area contributed by atoms with Gasteiger partial charge in [-0.2, -0.15) is 0 Å². The van der Waals surface area contributed by atoms with E-state index in [1.807, 2.05) is 0 Å². The van der Waals surface area contributed by atoms with E-state index in [1.54, 1.807) is 0 Å². The van der Waals surface area contributed by atoms with Gasteiger partial charge in [0.1, 0.15) is 0 Å². The molecule has 0 atom stereocenters. The fourth-order valence-electron chi connectivity index (χ4n) is 1.75. The number of carbonyl (C=O) groups excluding carboxylic acids is 1. The van der Waals surface area contributed by atoms with Gasteiger partial charge in [0.15, 0.2) is 0 Å². The maximum absolute atomic E-state index is 11.4. The van der Waals surface area contributed by atoms with Gasteiger partial charge in [0.2, 0.25) is 0 Å². The molecule has 3 heteroatoms. The van der Waals surface area contributed by atoms with Crippen molar-refractivity contribution in [1.82, 2.24) is 0 Å². The Balaban J connectivity index is 3.22. The van der Waals surface area contributed by atoms with E-state index in [4.69, 9.17) is 4.74 Å². The molecule has 0 aliphatic carbocycles. The highest BCUT2D eigenvalue weighted by Crippen LogP contribution is 2.04. The van der Waals surface area contributed by atoms with Crippen LogP contribution in [-0.4, -0.2) is 17.9 Å². The fourth-order valence-corrected chi connectivity index (χ4v) is 2.14. The highest BCUT2D eigenvalue weighted by atomic mass is 79.9. The smallest absolute Gasteiger partial charge is 0.305 e. The van der Waals surface area contributed by atoms with Crippen molar-refractivity contribution in [2.24, 2.45) is 0 Å². The average Bonchev–Trinajstić information content (AvgIpc) is 2.42. The molecule has 0 amide bonds. The van der Waals surface area contributed by atoms with Gasteiger partial charge < -0.3 is 4.74 Å². The second kappa shape index (κ2) is 15.7. The van der Waals surface area contributed by atoms with Crippen LogP contribution in [0.15, 0.2) is 12.2 Å². The third-order valence-electron chi connectivity index (χ3n) is 2.93. The Bertz CT molecular complexity index is 227. The largest absolute Gasteiger partial charge is 0.466 e.